The second-order valence-electron chi connectivity index (χ2n) is 16.2. The molecule has 0 radical (unpaired) electrons. The van der Waals surface area contributed by atoms with Crippen LogP contribution in [0.25, 0.3) is 0 Å². The molecule has 4 unspecified atom stereocenters. The minimum Gasteiger partial charge on any atom is -0.396 e. The summed E-state index contributed by atoms with van der Waals surface area (Å²) >= 11 is 0. The highest BCUT2D eigenvalue weighted by atomic mass is 16.3. The van der Waals surface area contributed by atoms with Crippen LogP contribution in [0.2, 0.25) is 0 Å². The number of hydrogen-bond donors (Lipinski definition) is 4. The maximum atomic E-state index is 12.4. The highest BCUT2D eigenvalue weighted by molar-refractivity contribution is 5.82. The van der Waals surface area contributed by atoms with Crippen molar-refractivity contribution in [2.24, 2.45) is 5.92 Å². The molecule has 0 aliphatic heterocycles. The molecule has 0 heterocycles. The number of hydrogen-bond acceptors (Lipinski definition) is 5. The fraction of sp³-hybridized carbons (Fsp3) is 0.978. The highest BCUT2D eigenvalue weighted by Crippen LogP contribution is 2.19. The molecule has 0 rings (SSSR count). The van der Waals surface area contributed by atoms with E-state index in [1.807, 2.05) is 0 Å². The first-order chi connectivity index (χ1) is 24.4. The number of aliphatic hydroxyl groups is 4. The summed E-state index contributed by atoms with van der Waals surface area (Å²) in [6, 6.07) is 0. The number of aliphatic hydroxyl groups excluding tert-OH is 4. The number of unbranched alkanes of at least 4 members (excludes halogenated alkanes) is 30. The van der Waals surface area contributed by atoms with Gasteiger partial charge in [0, 0.05) is 19.4 Å². The summed E-state index contributed by atoms with van der Waals surface area (Å²) < 4.78 is 0. The average Bonchev–Trinajstić information content (AvgIpc) is 3.11. The zero-order valence-electron chi connectivity index (χ0n) is 33.9. The van der Waals surface area contributed by atoms with Gasteiger partial charge >= 0.3 is 0 Å². The third-order valence-electron chi connectivity index (χ3n) is 11.3. The lowest BCUT2D eigenvalue weighted by atomic mass is 9.97. The van der Waals surface area contributed by atoms with Crippen LogP contribution in [0.15, 0.2) is 0 Å². The van der Waals surface area contributed by atoms with Crippen molar-refractivity contribution in [1.82, 2.24) is 0 Å². The molecule has 0 aromatic carbocycles. The van der Waals surface area contributed by atoms with Crippen LogP contribution in [0.1, 0.15) is 251 Å². The van der Waals surface area contributed by atoms with Crippen molar-refractivity contribution < 1.29 is 25.2 Å². The summed E-state index contributed by atoms with van der Waals surface area (Å²) in [6.45, 7) is 4.98. The van der Waals surface area contributed by atoms with Gasteiger partial charge in [-0.25, -0.2) is 0 Å². The van der Waals surface area contributed by atoms with Crippen molar-refractivity contribution in [1.29, 1.82) is 0 Å². The first kappa shape index (κ1) is 49.5. The first-order valence-corrected chi connectivity index (χ1v) is 22.6. The molecule has 4 N–H and O–H groups in total. The van der Waals surface area contributed by atoms with E-state index in [0.717, 1.165) is 44.4 Å². The van der Waals surface area contributed by atoms with E-state index in [1.54, 1.807) is 0 Å². The lowest BCUT2D eigenvalue weighted by Gasteiger charge is -2.20. The molecule has 0 amide bonds. The summed E-state index contributed by atoms with van der Waals surface area (Å²) in [5.41, 5.74) is 0. The minimum atomic E-state index is -1.16. The van der Waals surface area contributed by atoms with Gasteiger partial charge in [-0.15, -0.1) is 0 Å². The van der Waals surface area contributed by atoms with Crippen LogP contribution in [0.4, 0.5) is 0 Å². The molecule has 50 heavy (non-hydrogen) atoms. The first-order valence-electron chi connectivity index (χ1n) is 22.6. The van der Waals surface area contributed by atoms with Gasteiger partial charge in [0.05, 0.1) is 12.2 Å². The van der Waals surface area contributed by atoms with E-state index in [-0.39, 0.29) is 12.2 Å². The largest absolute Gasteiger partial charge is 0.396 e. The molecular formula is C45H90O5. The molecule has 0 saturated carbocycles. The number of carbonyl (C=O) groups excluding carboxylic acids is 1. The summed E-state index contributed by atoms with van der Waals surface area (Å²) in [6.07, 6.45) is 41.2. The van der Waals surface area contributed by atoms with Crippen LogP contribution in [-0.2, 0) is 4.79 Å². The monoisotopic (exact) mass is 711 g/mol. The Morgan fingerprint density at radius 2 is 0.720 bits per heavy atom. The molecule has 0 aliphatic carbocycles. The molecule has 0 aromatic heterocycles. The van der Waals surface area contributed by atoms with Gasteiger partial charge in [-0.2, -0.15) is 0 Å². The average molecular weight is 711 g/mol. The van der Waals surface area contributed by atoms with Gasteiger partial charge in [0.2, 0.25) is 0 Å². The van der Waals surface area contributed by atoms with Gasteiger partial charge in [-0.05, 0) is 25.2 Å². The van der Waals surface area contributed by atoms with E-state index in [2.05, 4.69) is 13.8 Å². The maximum Gasteiger partial charge on any atom is 0.161 e. The molecule has 5 heteroatoms. The molecule has 300 valence electrons. The predicted molar refractivity (Wildman–Crippen MR) is 216 cm³/mol. The normalized spacial score (nSPS) is 14.2. The molecule has 4 atom stereocenters. The van der Waals surface area contributed by atoms with Crippen LogP contribution in [-0.4, -0.2) is 51.1 Å². The quantitative estimate of drug-likeness (QED) is 0.0473. The Bertz CT molecular complexity index is 670. The van der Waals surface area contributed by atoms with Crippen molar-refractivity contribution in [2.45, 2.75) is 270 Å². The Morgan fingerprint density at radius 1 is 0.420 bits per heavy atom. The summed E-state index contributed by atoms with van der Waals surface area (Å²) in [5, 5.41) is 39.7. The third kappa shape index (κ3) is 35.9. The van der Waals surface area contributed by atoms with E-state index in [1.165, 1.54) is 180 Å². The van der Waals surface area contributed by atoms with Crippen molar-refractivity contribution in [3.63, 3.8) is 0 Å². The van der Waals surface area contributed by atoms with Crippen molar-refractivity contribution in [2.75, 3.05) is 6.61 Å². The zero-order chi connectivity index (χ0) is 36.8. The summed E-state index contributed by atoms with van der Waals surface area (Å²) in [5.74, 6) is 0.678. The van der Waals surface area contributed by atoms with Crippen LogP contribution in [0, 0.1) is 5.92 Å². The maximum absolute atomic E-state index is 12.4. The Morgan fingerprint density at radius 3 is 1.06 bits per heavy atom. The van der Waals surface area contributed by atoms with E-state index in [0.29, 0.717) is 19.4 Å². The number of ketones is 1. The standard InChI is InChI=1S/C45H90O5/c1-3-41(2)36-32-28-24-20-19-22-26-30-34-38-43(48)45(50)40-44(49)42(47)37-33-29-25-21-17-15-13-11-9-7-5-4-6-8-10-12-14-16-18-23-27-31-35-39-46/h41,43-46,48-50H,3-40H2,1-2H3. The Balaban J connectivity index is 3.44. The molecule has 0 aliphatic rings. The number of carbonyl (C=O) groups is 1. The van der Waals surface area contributed by atoms with Crippen molar-refractivity contribution in [3.8, 4) is 0 Å². The van der Waals surface area contributed by atoms with Crippen LogP contribution < -0.4 is 0 Å². The van der Waals surface area contributed by atoms with Gasteiger partial charge in [0.15, 0.2) is 5.78 Å². The van der Waals surface area contributed by atoms with Gasteiger partial charge in [-0.3, -0.25) is 4.79 Å². The molecular weight excluding hydrogens is 620 g/mol. The molecule has 0 saturated heterocycles. The van der Waals surface area contributed by atoms with E-state index >= 15 is 0 Å². The topological polar surface area (TPSA) is 98.0 Å². The van der Waals surface area contributed by atoms with Gasteiger partial charge in [-0.1, -0.05) is 219 Å². The highest BCUT2D eigenvalue weighted by Gasteiger charge is 2.23. The van der Waals surface area contributed by atoms with Crippen molar-refractivity contribution >= 4 is 5.78 Å². The van der Waals surface area contributed by atoms with Gasteiger partial charge < -0.3 is 20.4 Å². The zero-order valence-corrected chi connectivity index (χ0v) is 33.9. The van der Waals surface area contributed by atoms with Crippen LogP contribution in [0.3, 0.4) is 0 Å². The SMILES string of the molecule is CCC(C)CCCCCCCCCCCC(O)C(O)CC(O)C(=O)CCCCCCCCCCCCCCCCCCCCCCCCCO. The number of rotatable bonds is 42. The fourth-order valence-electron chi connectivity index (χ4n) is 7.29. The summed E-state index contributed by atoms with van der Waals surface area (Å²) in [7, 11) is 0. The van der Waals surface area contributed by atoms with E-state index in [9.17, 15) is 20.1 Å². The minimum absolute atomic E-state index is 0.0500. The van der Waals surface area contributed by atoms with Crippen LogP contribution in [0.5, 0.6) is 0 Å². The molecule has 0 spiro atoms. The molecule has 0 bridgehead atoms. The second-order valence-corrected chi connectivity index (χ2v) is 16.2. The van der Waals surface area contributed by atoms with Crippen LogP contribution >= 0.6 is 0 Å². The third-order valence-corrected chi connectivity index (χ3v) is 11.3. The Kier molecular flexibility index (Phi) is 39.3. The molecule has 0 aromatic rings. The lowest BCUT2D eigenvalue weighted by molar-refractivity contribution is -0.129. The van der Waals surface area contributed by atoms with E-state index in [4.69, 9.17) is 5.11 Å². The smallest absolute Gasteiger partial charge is 0.161 e. The van der Waals surface area contributed by atoms with Gasteiger partial charge in [0.25, 0.3) is 0 Å². The lowest BCUT2D eigenvalue weighted by Crippen LogP contribution is -2.33. The van der Waals surface area contributed by atoms with Crippen molar-refractivity contribution in [3.05, 3.63) is 0 Å². The fourth-order valence-corrected chi connectivity index (χ4v) is 7.29. The van der Waals surface area contributed by atoms with E-state index < -0.39 is 18.3 Å². The molecule has 0 fully saturated rings. The predicted octanol–water partition coefficient (Wildman–Crippen LogP) is 12.7. The Labute approximate surface area is 312 Å². The second kappa shape index (κ2) is 39.7. The Hall–Kier alpha value is -0.490. The number of Topliss-reactive ketones (excluding diaryl/α,β-unsaturated/α-hetero) is 1. The molecule has 5 nitrogen and oxygen atoms in total. The summed E-state index contributed by atoms with van der Waals surface area (Å²) in [4.78, 5) is 12.4. The van der Waals surface area contributed by atoms with Gasteiger partial charge in [0.1, 0.15) is 6.10 Å².